The molecule has 0 aromatic heterocycles. The van der Waals surface area contributed by atoms with Crippen molar-refractivity contribution in [3.63, 3.8) is 0 Å². The van der Waals surface area contributed by atoms with E-state index in [0.29, 0.717) is 17.7 Å². The van der Waals surface area contributed by atoms with Crippen molar-refractivity contribution in [1.82, 2.24) is 10.2 Å². The van der Waals surface area contributed by atoms with Gasteiger partial charge in [-0.3, -0.25) is 4.79 Å². The number of hydrogen-bond donors (Lipinski definition) is 2. The van der Waals surface area contributed by atoms with Crippen molar-refractivity contribution in [2.45, 2.75) is 37.1 Å². The minimum atomic E-state index is -3.95. The quantitative estimate of drug-likeness (QED) is 0.689. The summed E-state index contributed by atoms with van der Waals surface area (Å²) in [6.45, 7) is -1.38. The molecule has 2 amide bonds. The number of ether oxygens (including phenoxy) is 1. The van der Waals surface area contributed by atoms with E-state index in [1.54, 1.807) is 0 Å². The molecule has 7 nitrogen and oxygen atoms in total. The van der Waals surface area contributed by atoms with Crippen molar-refractivity contribution in [2.24, 2.45) is 0 Å². The topological polar surface area (TPSA) is 95.9 Å². The summed E-state index contributed by atoms with van der Waals surface area (Å²) in [5.41, 5.74) is 4.04. The van der Waals surface area contributed by atoms with Crippen molar-refractivity contribution in [1.29, 1.82) is 0 Å². The Morgan fingerprint density at radius 2 is 1.64 bits per heavy atom. The van der Waals surface area contributed by atoms with E-state index in [2.05, 4.69) is 0 Å². The number of carbonyl (C=O) groups is 3. The standard InChI is InChI=1S/C24H24F2N2O5/c25-24(26,22(31)28-12-6-5-11-20(28)21(29)30)14-27-23(32)33-13-19-17-9-3-1-7-15(17)16-8-2-4-10-18(16)19/h1-4,7-10,19-20H,5-6,11-14H2,(H,27,32)(H,29,30)/t20-/m0/s1. The van der Waals surface area contributed by atoms with Gasteiger partial charge in [0.15, 0.2) is 0 Å². The number of carbonyl (C=O) groups excluding carboxylic acids is 2. The van der Waals surface area contributed by atoms with Crippen molar-refractivity contribution < 1.29 is 33.0 Å². The van der Waals surface area contributed by atoms with Crippen LogP contribution < -0.4 is 5.32 Å². The molecule has 2 aliphatic rings. The molecule has 1 aliphatic heterocycles. The van der Waals surface area contributed by atoms with Crippen molar-refractivity contribution in [3.05, 3.63) is 59.7 Å². The van der Waals surface area contributed by atoms with Gasteiger partial charge in [0.2, 0.25) is 0 Å². The van der Waals surface area contributed by atoms with Crippen LogP contribution in [0.4, 0.5) is 13.6 Å². The number of carboxylic acids is 1. The number of halogens is 2. The van der Waals surface area contributed by atoms with Crippen molar-refractivity contribution in [2.75, 3.05) is 19.7 Å². The fourth-order valence-corrected chi connectivity index (χ4v) is 4.55. The molecule has 1 heterocycles. The molecule has 174 valence electrons. The second kappa shape index (κ2) is 9.17. The SMILES string of the molecule is O=C(NCC(F)(F)C(=O)N1CCCC[C@H]1C(=O)O)OCC1c2ccccc2-c2ccccc21. The average molecular weight is 458 g/mol. The first kappa shape index (κ1) is 22.7. The Balaban J connectivity index is 1.36. The Morgan fingerprint density at radius 3 is 2.24 bits per heavy atom. The highest BCUT2D eigenvalue weighted by Crippen LogP contribution is 2.44. The van der Waals surface area contributed by atoms with Gasteiger partial charge in [0, 0.05) is 12.5 Å². The van der Waals surface area contributed by atoms with Gasteiger partial charge in [0.1, 0.15) is 12.6 Å². The van der Waals surface area contributed by atoms with Crippen LogP contribution in [-0.2, 0) is 14.3 Å². The van der Waals surface area contributed by atoms with Crippen LogP contribution in [0.25, 0.3) is 11.1 Å². The molecule has 0 radical (unpaired) electrons. The van der Waals surface area contributed by atoms with Crippen molar-refractivity contribution in [3.8, 4) is 11.1 Å². The Labute approximate surface area is 189 Å². The average Bonchev–Trinajstić information content (AvgIpc) is 3.14. The minimum absolute atomic E-state index is 0.0490. The van der Waals surface area contributed by atoms with Crippen molar-refractivity contribution >= 4 is 18.0 Å². The fourth-order valence-electron chi connectivity index (χ4n) is 4.55. The van der Waals surface area contributed by atoms with E-state index in [1.807, 2.05) is 53.8 Å². The molecule has 2 aromatic rings. The summed E-state index contributed by atoms with van der Waals surface area (Å²) < 4.78 is 34.2. The summed E-state index contributed by atoms with van der Waals surface area (Å²) in [7, 11) is 0. The summed E-state index contributed by atoms with van der Waals surface area (Å²) in [5, 5.41) is 11.2. The van der Waals surface area contributed by atoms with Gasteiger partial charge < -0.3 is 20.1 Å². The first-order valence-corrected chi connectivity index (χ1v) is 10.8. The summed E-state index contributed by atoms with van der Waals surface area (Å²) in [6.07, 6.45) is 0.0462. The number of fused-ring (bicyclic) bond motifs is 3. The summed E-state index contributed by atoms with van der Waals surface area (Å²) in [6, 6.07) is 14.1. The highest BCUT2D eigenvalue weighted by atomic mass is 19.3. The molecule has 0 spiro atoms. The molecule has 0 saturated carbocycles. The smallest absolute Gasteiger partial charge is 0.407 e. The number of aliphatic carboxylic acids is 1. The Bertz CT molecular complexity index is 1030. The van der Waals surface area contributed by atoms with Gasteiger partial charge in [0.05, 0.1) is 6.54 Å². The number of nitrogens with one attached hydrogen (secondary N) is 1. The lowest BCUT2D eigenvalue weighted by Gasteiger charge is -2.35. The second-order valence-corrected chi connectivity index (χ2v) is 8.23. The third kappa shape index (κ3) is 4.53. The fraction of sp³-hybridized carbons (Fsp3) is 0.375. The second-order valence-electron chi connectivity index (χ2n) is 8.23. The van der Waals surface area contributed by atoms with Gasteiger partial charge in [-0.05, 0) is 41.5 Å². The van der Waals surface area contributed by atoms with Gasteiger partial charge in [-0.25, -0.2) is 9.59 Å². The largest absolute Gasteiger partial charge is 0.480 e. The maximum absolute atomic E-state index is 14.5. The zero-order valence-electron chi connectivity index (χ0n) is 17.8. The lowest BCUT2D eigenvalue weighted by molar-refractivity contribution is -0.166. The maximum Gasteiger partial charge on any atom is 0.407 e. The van der Waals surface area contributed by atoms with E-state index in [4.69, 9.17) is 4.74 Å². The monoisotopic (exact) mass is 458 g/mol. The molecule has 1 aliphatic carbocycles. The molecule has 1 saturated heterocycles. The van der Waals surface area contributed by atoms with Crippen LogP contribution in [0.5, 0.6) is 0 Å². The molecular formula is C24H24F2N2O5. The number of piperidine rings is 1. The lowest BCUT2D eigenvalue weighted by atomic mass is 9.98. The maximum atomic E-state index is 14.5. The number of hydrogen-bond acceptors (Lipinski definition) is 4. The summed E-state index contributed by atoms with van der Waals surface area (Å²) in [4.78, 5) is 36.5. The number of rotatable bonds is 6. The molecular weight excluding hydrogens is 434 g/mol. The Hall–Kier alpha value is -3.49. The van der Waals surface area contributed by atoms with E-state index in [9.17, 15) is 28.3 Å². The van der Waals surface area contributed by atoms with Crippen LogP contribution in [0.3, 0.4) is 0 Å². The predicted octanol–water partition coefficient (Wildman–Crippen LogP) is 3.63. The number of carboxylic acid groups (broad SMARTS) is 1. The third-order valence-electron chi connectivity index (χ3n) is 6.16. The van der Waals surface area contributed by atoms with Gasteiger partial charge in [-0.2, -0.15) is 8.78 Å². The first-order chi connectivity index (χ1) is 15.8. The number of alkyl carbamates (subject to hydrolysis) is 1. The molecule has 4 rings (SSSR count). The van der Waals surface area contributed by atoms with Crippen LogP contribution in [0.2, 0.25) is 0 Å². The van der Waals surface area contributed by atoms with Crippen LogP contribution in [-0.4, -0.2) is 59.6 Å². The molecule has 2 N–H and O–H groups in total. The lowest BCUT2D eigenvalue weighted by Crippen LogP contribution is -2.56. The predicted molar refractivity (Wildman–Crippen MR) is 115 cm³/mol. The zero-order valence-corrected chi connectivity index (χ0v) is 17.8. The Kier molecular flexibility index (Phi) is 6.31. The van der Waals surface area contributed by atoms with E-state index in [0.717, 1.165) is 22.3 Å². The first-order valence-electron chi connectivity index (χ1n) is 10.8. The molecule has 9 heteroatoms. The van der Waals surface area contributed by atoms with E-state index < -0.39 is 36.5 Å². The van der Waals surface area contributed by atoms with Crippen LogP contribution in [0.1, 0.15) is 36.3 Å². The normalized spacial score (nSPS) is 17.8. The summed E-state index contributed by atoms with van der Waals surface area (Å²) in [5.74, 6) is -7.09. The van der Waals surface area contributed by atoms with Crippen LogP contribution >= 0.6 is 0 Å². The van der Waals surface area contributed by atoms with Gasteiger partial charge in [-0.15, -0.1) is 0 Å². The number of benzene rings is 2. The van der Waals surface area contributed by atoms with Crippen LogP contribution in [0, 0.1) is 0 Å². The molecule has 1 fully saturated rings. The number of amides is 2. The number of nitrogens with zero attached hydrogens (tertiary/aromatic N) is 1. The molecule has 33 heavy (non-hydrogen) atoms. The number of alkyl halides is 2. The zero-order chi connectivity index (χ0) is 23.6. The van der Waals surface area contributed by atoms with Gasteiger partial charge >= 0.3 is 18.0 Å². The van der Waals surface area contributed by atoms with Crippen LogP contribution in [0.15, 0.2) is 48.5 Å². The van der Waals surface area contributed by atoms with Gasteiger partial charge in [0.25, 0.3) is 5.91 Å². The molecule has 0 unspecified atom stereocenters. The number of likely N-dealkylation sites (tertiary alicyclic amines) is 1. The molecule has 1 atom stereocenters. The highest BCUT2D eigenvalue weighted by molar-refractivity contribution is 5.89. The van der Waals surface area contributed by atoms with Gasteiger partial charge in [-0.1, -0.05) is 48.5 Å². The third-order valence-corrected chi connectivity index (χ3v) is 6.16. The molecule has 2 aromatic carbocycles. The summed E-state index contributed by atoms with van der Waals surface area (Å²) >= 11 is 0. The minimum Gasteiger partial charge on any atom is -0.480 e. The van der Waals surface area contributed by atoms with E-state index in [-0.39, 0.29) is 25.5 Å². The molecule has 0 bridgehead atoms. The van der Waals surface area contributed by atoms with E-state index in [1.165, 1.54) is 0 Å². The van der Waals surface area contributed by atoms with E-state index >= 15 is 0 Å². The highest BCUT2D eigenvalue weighted by Gasteiger charge is 2.46. The Morgan fingerprint density at radius 1 is 1.03 bits per heavy atom.